The molecule has 1 aliphatic rings. The van der Waals surface area contributed by atoms with Crippen molar-refractivity contribution in [2.75, 3.05) is 20.3 Å². The molecule has 0 aromatic carbocycles. The molecule has 3 aromatic heterocycles. The van der Waals surface area contributed by atoms with E-state index in [1.807, 2.05) is 12.3 Å². The van der Waals surface area contributed by atoms with Crippen LogP contribution in [-0.2, 0) is 30.8 Å². The quantitative estimate of drug-likeness (QED) is 0.615. The van der Waals surface area contributed by atoms with Gasteiger partial charge < -0.3 is 13.6 Å². The number of oxazole rings is 1. The van der Waals surface area contributed by atoms with Crippen LogP contribution in [0.5, 0.6) is 0 Å². The van der Waals surface area contributed by atoms with Crippen LogP contribution in [0.3, 0.4) is 0 Å². The van der Waals surface area contributed by atoms with Crippen molar-refractivity contribution >= 4 is 0 Å². The Balaban J connectivity index is 1.60. The molecule has 0 amide bonds. The number of methoxy groups -OCH3 is 1. The highest BCUT2D eigenvalue weighted by Gasteiger charge is 2.26. The maximum Gasteiger partial charge on any atom is 0.181 e. The summed E-state index contributed by atoms with van der Waals surface area (Å²) in [5.41, 5.74) is 5.47. The lowest BCUT2D eigenvalue weighted by atomic mass is 10.0. The van der Waals surface area contributed by atoms with E-state index in [9.17, 15) is 0 Å². The second kappa shape index (κ2) is 7.25. The Kier molecular flexibility index (Phi) is 4.67. The number of aromatic nitrogens is 3. The molecule has 7 heteroatoms. The number of fused-ring (bicyclic) bond motifs is 1. The number of aryl methyl sites for hydroxylation is 1. The second-order valence-electron chi connectivity index (χ2n) is 6.31. The molecule has 0 N–H and O–H groups in total. The van der Waals surface area contributed by atoms with Gasteiger partial charge in [0.1, 0.15) is 17.7 Å². The monoisotopic (exact) mass is 342 g/mol. The van der Waals surface area contributed by atoms with Crippen molar-refractivity contribution in [2.24, 2.45) is 0 Å². The Morgan fingerprint density at radius 2 is 2.24 bits per heavy atom. The normalized spacial score (nSPS) is 14.8. The summed E-state index contributed by atoms with van der Waals surface area (Å²) >= 11 is 0. The van der Waals surface area contributed by atoms with Gasteiger partial charge in [0.05, 0.1) is 12.5 Å². The standard InChI is InChI=1S/C18H22N4O3/c1-23-7-2-5-22-17-3-6-21(9-14-4-8-24-11-14)10-15(17)18(20-22)16-12-25-13-19-16/h4,8,11-13H,2-3,5-7,9-10H2,1H3. The van der Waals surface area contributed by atoms with Gasteiger partial charge in [-0.3, -0.25) is 9.58 Å². The van der Waals surface area contributed by atoms with Gasteiger partial charge in [-0.2, -0.15) is 5.10 Å². The first-order chi connectivity index (χ1) is 12.3. The average molecular weight is 342 g/mol. The third kappa shape index (κ3) is 3.38. The minimum atomic E-state index is 0.737. The van der Waals surface area contributed by atoms with Crippen LogP contribution < -0.4 is 0 Å². The molecule has 0 spiro atoms. The molecule has 132 valence electrons. The summed E-state index contributed by atoms with van der Waals surface area (Å²) < 4.78 is 17.7. The fraction of sp³-hybridized carbons (Fsp3) is 0.444. The van der Waals surface area contributed by atoms with Gasteiger partial charge in [-0.15, -0.1) is 0 Å². The van der Waals surface area contributed by atoms with Gasteiger partial charge in [-0.05, 0) is 12.5 Å². The van der Waals surface area contributed by atoms with E-state index >= 15 is 0 Å². The Morgan fingerprint density at radius 3 is 3.00 bits per heavy atom. The van der Waals surface area contributed by atoms with E-state index in [4.69, 9.17) is 18.7 Å². The molecular formula is C18H22N4O3. The predicted molar refractivity (Wildman–Crippen MR) is 90.7 cm³/mol. The van der Waals surface area contributed by atoms with Crippen molar-refractivity contribution in [3.63, 3.8) is 0 Å². The number of hydrogen-bond acceptors (Lipinski definition) is 6. The van der Waals surface area contributed by atoms with Gasteiger partial charge >= 0.3 is 0 Å². The Hall–Kier alpha value is -2.38. The second-order valence-corrected chi connectivity index (χ2v) is 6.31. The molecule has 1 aliphatic heterocycles. The van der Waals surface area contributed by atoms with Crippen molar-refractivity contribution in [3.05, 3.63) is 48.1 Å². The Morgan fingerprint density at radius 1 is 1.28 bits per heavy atom. The fourth-order valence-corrected chi connectivity index (χ4v) is 3.40. The minimum absolute atomic E-state index is 0.737. The number of nitrogens with zero attached hydrogens (tertiary/aromatic N) is 4. The summed E-state index contributed by atoms with van der Waals surface area (Å²) in [7, 11) is 1.73. The number of furan rings is 1. The van der Waals surface area contributed by atoms with Crippen LogP contribution in [0.25, 0.3) is 11.4 Å². The van der Waals surface area contributed by atoms with E-state index in [-0.39, 0.29) is 0 Å². The summed E-state index contributed by atoms with van der Waals surface area (Å²) in [6, 6.07) is 2.02. The first kappa shape index (κ1) is 16.1. The number of rotatable bonds is 7. The first-order valence-electron chi connectivity index (χ1n) is 8.54. The summed E-state index contributed by atoms with van der Waals surface area (Å²) in [6.07, 6.45) is 8.57. The van der Waals surface area contributed by atoms with Crippen molar-refractivity contribution in [3.8, 4) is 11.4 Å². The zero-order valence-electron chi connectivity index (χ0n) is 14.4. The van der Waals surface area contributed by atoms with E-state index in [0.29, 0.717) is 0 Å². The molecule has 0 fully saturated rings. The smallest absolute Gasteiger partial charge is 0.181 e. The average Bonchev–Trinajstić information content (AvgIpc) is 3.36. The van der Waals surface area contributed by atoms with Crippen LogP contribution in [0.4, 0.5) is 0 Å². The van der Waals surface area contributed by atoms with Crippen LogP contribution in [0.15, 0.2) is 40.1 Å². The summed E-state index contributed by atoms with van der Waals surface area (Å²) in [5, 5.41) is 4.83. The molecule has 0 saturated heterocycles. The van der Waals surface area contributed by atoms with E-state index < -0.39 is 0 Å². The van der Waals surface area contributed by atoms with Gasteiger partial charge in [-0.1, -0.05) is 0 Å². The van der Waals surface area contributed by atoms with E-state index in [1.165, 1.54) is 23.2 Å². The van der Waals surface area contributed by atoms with Crippen LogP contribution in [-0.4, -0.2) is 39.9 Å². The third-order valence-corrected chi connectivity index (χ3v) is 4.59. The molecule has 4 heterocycles. The lowest BCUT2D eigenvalue weighted by Gasteiger charge is -2.27. The zero-order chi connectivity index (χ0) is 17.1. The van der Waals surface area contributed by atoms with E-state index in [2.05, 4.69) is 14.6 Å². The lowest BCUT2D eigenvalue weighted by molar-refractivity contribution is 0.188. The maximum absolute atomic E-state index is 5.19. The molecule has 0 radical (unpaired) electrons. The molecule has 4 rings (SSSR count). The molecule has 0 atom stereocenters. The fourth-order valence-electron chi connectivity index (χ4n) is 3.40. The molecule has 25 heavy (non-hydrogen) atoms. The van der Waals surface area contributed by atoms with Crippen LogP contribution in [0, 0.1) is 0 Å². The van der Waals surface area contributed by atoms with Gasteiger partial charge in [0.2, 0.25) is 0 Å². The van der Waals surface area contributed by atoms with Gasteiger partial charge in [0.15, 0.2) is 6.39 Å². The number of ether oxygens (including phenoxy) is 1. The highest BCUT2D eigenvalue weighted by molar-refractivity contribution is 5.59. The topological polar surface area (TPSA) is 69.5 Å². The largest absolute Gasteiger partial charge is 0.472 e. The highest BCUT2D eigenvalue weighted by atomic mass is 16.5. The van der Waals surface area contributed by atoms with Crippen molar-refractivity contribution in [2.45, 2.75) is 32.5 Å². The summed E-state index contributed by atoms with van der Waals surface area (Å²) in [4.78, 5) is 6.72. The highest BCUT2D eigenvalue weighted by Crippen LogP contribution is 2.30. The van der Waals surface area contributed by atoms with Crippen molar-refractivity contribution < 1.29 is 13.6 Å². The molecule has 0 bridgehead atoms. The van der Waals surface area contributed by atoms with Gasteiger partial charge in [-0.25, -0.2) is 4.98 Å². The molecule has 0 unspecified atom stereocenters. The molecule has 3 aromatic rings. The lowest BCUT2D eigenvalue weighted by Crippen LogP contribution is -2.30. The molecule has 0 saturated carbocycles. The molecular weight excluding hydrogens is 320 g/mol. The Labute approximate surface area is 146 Å². The first-order valence-corrected chi connectivity index (χ1v) is 8.54. The maximum atomic E-state index is 5.19. The zero-order valence-corrected chi connectivity index (χ0v) is 14.4. The van der Waals surface area contributed by atoms with E-state index in [0.717, 1.165) is 57.0 Å². The van der Waals surface area contributed by atoms with Crippen LogP contribution >= 0.6 is 0 Å². The van der Waals surface area contributed by atoms with Gasteiger partial charge in [0, 0.05) is 63.1 Å². The van der Waals surface area contributed by atoms with Crippen LogP contribution in [0.1, 0.15) is 23.2 Å². The van der Waals surface area contributed by atoms with Gasteiger partial charge in [0.25, 0.3) is 0 Å². The summed E-state index contributed by atoms with van der Waals surface area (Å²) in [6.45, 7) is 4.33. The minimum Gasteiger partial charge on any atom is -0.472 e. The SMILES string of the molecule is COCCCn1nc(-c2cocn2)c2c1CCN(Cc1ccoc1)C2. The van der Waals surface area contributed by atoms with Crippen LogP contribution in [0.2, 0.25) is 0 Å². The van der Waals surface area contributed by atoms with Crippen molar-refractivity contribution in [1.29, 1.82) is 0 Å². The Bertz CT molecular complexity index is 793. The van der Waals surface area contributed by atoms with Crippen molar-refractivity contribution in [1.82, 2.24) is 19.7 Å². The molecule has 0 aliphatic carbocycles. The third-order valence-electron chi connectivity index (χ3n) is 4.59. The number of hydrogen-bond donors (Lipinski definition) is 0. The van der Waals surface area contributed by atoms with E-state index in [1.54, 1.807) is 19.6 Å². The molecule has 7 nitrogen and oxygen atoms in total. The summed E-state index contributed by atoms with van der Waals surface area (Å²) in [5.74, 6) is 0. The predicted octanol–water partition coefficient (Wildman–Crippen LogP) is 2.73.